The molecule has 1 aliphatic heterocycles. The fourth-order valence-corrected chi connectivity index (χ4v) is 3.46. The first kappa shape index (κ1) is 18.5. The summed E-state index contributed by atoms with van der Waals surface area (Å²) < 4.78 is 0. The van der Waals surface area contributed by atoms with Crippen molar-refractivity contribution >= 4 is 34.9 Å². The first-order valence-electron chi connectivity index (χ1n) is 9.20. The quantitative estimate of drug-likeness (QED) is 0.642. The number of rotatable bonds is 5. The Balaban J connectivity index is 1.31. The smallest absolute Gasteiger partial charge is 0.223 e. The number of nitrogens with zero attached hydrogens (tertiary/aromatic N) is 5. The van der Waals surface area contributed by atoms with Gasteiger partial charge in [-0.25, -0.2) is 9.97 Å². The predicted octanol–water partition coefficient (Wildman–Crippen LogP) is 3.17. The van der Waals surface area contributed by atoms with Gasteiger partial charge in [-0.1, -0.05) is 29.8 Å². The summed E-state index contributed by atoms with van der Waals surface area (Å²) in [5.41, 5.74) is 7.83. The lowest BCUT2D eigenvalue weighted by Gasteiger charge is -2.35. The van der Waals surface area contributed by atoms with Crippen molar-refractivity contribution in [3.05, 3.63) is 65.4 Å². The standard InChI is InChI=1S/C20H22ClN7/c21-17-13-18(26-20(22)25-17)24-16-6-4-15(5-7-16)14-27-9-11-28(12-10-27)19-3-1-2-8-23-19/h1-8,13H,9-12,14H2,(H3,22,24,25,26). The van der Waals surface area contributed by atoms with Gasteiger partial charge in [-0.15, -0.1) is 0 Å². The van der Waals surface area contributed by atoms with Crippen LogP contribution in [0.3, 0.4) is 0 Å². The number of nitrogen functional groups attached to an aromatic ring is 1. The molecule has 1 saturated heterocycles. The largest absolute Gasteiger partial charge is 0.368 e. The number of hydrogen-bond donors (Lipinski definition) is 2. The fourth-order valence-electron chi connectivity index (χ4n) is 3.27. The number of halogens is 1. The third-order valence-electron chi connectivity index (χ3n) is 4.69. The maximum Gasteiger partial charge on any atom is 0.223 e. The van der Waals surface area contributed by atoms with Crippen molar-refractivity contribution in [3.8, 4) is 0 Å². The molecular formula is C20H22ClN7. The van der Waals surface area contributed by atoms with Crippen LogP contribution in [-0.2, 0) is 6.54 Å². The van der Waals surface area contributed by atoms with Crippen LogP contribution in [0.2, 0.25) is 5.15 Å². The Kier molecular flexibility index (Phi) is 5.55. The normalized spacial score (nSPS) is 14.8. The van der Waals surface area contributed by atoms with Crippen LogP contribution in [0.4, 0.5) is 23.3 Å². The van der Waals surface area contributed by atoms with Crippen molar-refractivity contribution in [1.82, 2.24) is 19.9 Å². The Morgan fingerprint density at radius 1 is 1.00 bits per heavy atom. The molecule has 1 fully saturated rings. The molecule has 7 nitrogen and oxygen atoms in total. The van der Waals surface area contributed by atoms with Gasteiger partial charge in [0.1, 0.15) is 16.8 Å². The van der Waals surface area contributed by atoms with E-state index in [1.54, 1.807) is 6.07 Å². The number of pyridine rings is 1. The van der Waals surface area contributed by atoms with Gasteiger partial charge in [0.15, 0.2) is 0 Å². The SMILES string of the molecule is Nc1nc(Cl)cc(Nc2ccc(CN3CCN(c4ccccn4)CC3)cc2)n1. The number of hydrogen-bond acceptors (Lipinski definition) is 7. The van der Waals surface area contributed by atoms with E-state index in [4.69, 9.17) is 17.3 Å². The third kappa shape index (κ3) is 4.68. The van der Waals surface area contributed by atoms with Crippen LogP contribution < -0.4 is 16.0 Å². The van der Waals surface area contributed by atoms with Gasteiger partial charge in [0.05, 0.1) is 0 Å². The maximum atomic E-state index is 5.92. The Morgan fingerprint density at radius 3 is 2.46 bits per heavy atom. The Bertz CT molecular complexity index is 889. The molecule has 3 N–H and O–H groups in total. The number of piperazine rings is 1. The van der Waals surface area contributed by atoms with E-state index in [1.807, 2.05) is 30.5 Å². The van der Waals surface area contributed by atoms with Gasteiger partial charge >= 0.3 is 0 Å². The van der Waals surface area contributed by atoms with Crippen LogP contribution in [0.5, 0.6) is 0 Å². The Labute approximate surface area is 169 Å². The molecule has 1 aromatic carbocycles. The highest BCUT2D eigenvalue weighted by molar-refractivity contribution is 6.29. The van der Waals surface area contributed by atoms with Crippen molar-refractivity contribution in [2.45, 2.75) is 6.54 Å². The molecule has 1 aliphatic rings. The first-order chi connectivity index (χ1) is 13.7. The highest BCUT2D eigenvalue weighted by Crippen LogP contribution is 2.20. The van der Waals surface area contributed by atoms with Crippen LogP contribution >= 0.6 is 11.6 Å². The molecule has 3 aromatic rings. The van der Waals surface area contributed by atoms with Crippen molar-refractivity contribution in [1.29, 1.82) is 0 Å². The van der Waals surface area contributed by atoms with Crippen LogP contribution in [0.15, 0.2) is 54.7 Å². The molecular weight excluding hydrogens is 374 g/mol. The number of nitrogens with one attached hydrogen (secondary N) is 1. The van der Waals surface area contributed by atoms with Gasteiger partial charge in [0.2, 0.25) is 5.95 Å². The van der Waals surface area contributed by atoms with Crippen LogP contribution in [0.25, 0.3) is 0 Å². The molecule has 0 amide bonds. The average Bonchev–Trinajstić information content (AvgIpc) is 2.70. The second kappa shape index (κ2) is 8.41. The second-order valence-corrected chi connectivity index (χ2v) is 7.09. The molecule has 0 aliphatic carbocycles. The molecule has 3 heterocycles. The fraction of sp³-hybridized carbons (Fsp3) is 0.250. The number of anilines is 4. The second-order valence-electron chi connectivity index (χ2n) is 6.71. The Hall–Kier alpha value is -2.90. The number of aromatic nitrogens is 3. The lowest BCUT2D eigenvalue weighted by Crippen LogP contribution is -2.46. The molecule has 28 heavy (non-hydrogen) atoms. The average molecular weight is 396 g/mol. The summed E-state index contributed by atoms with van der Waals surface area (Å²) in [6, 6.07) is 16.0. The summed E-state index contributed by atoms with van der Waals surface area (Å²) in [6.07, 6.45) is 1.85. The van der Waals surface area contributed by atoms with Gasteiger partial charge in [-0.05, 0) is 29.8 Å². The molecule has 8 heteroatoms. The third-order valence-corrected chi connectivity index (χ3v) is 4.88. The van der Waals surface area contributed by atoms with E-state index in [1.165, 1.54) is 5.56 Å². The predicted molar refractivity (Wildman–Crippen MR) is 113 cm³/mol. The molecule has 0 bridgehead atoms. The molecule has 0 saturated carbocycles. The number of nitrogens with two attached hydrogens (primary N) is 1. The lowest BCUT2D eigenvalue weighted by atomic mass is 10.1. The zero-order chi connectivity index (χ0) is 19.3. The molecule has 0 radical (unpaired) electrons. The van der Waals surface area contributed by atoms with Gasteiger partial charge < -0.3 is 16.0 Å². The molecule has 4 rings (SSSR count). The molecule has 2 aromatic heterocycles. The van der Waals surface area contributed by atoms with Crippen molar-refractivity contribution in [3.63, 3.8) is 0 Å². The van der Waals surface area contributed by atoms with Crippen molar-refractivity contribution in [2.24, 2.45) is 0 Å². The van der Waals surface area contributed by atoms with Crippen molar-refractivity contribution < 1.29 is 0 Å². The highest BCUT2D eigenvalue weighted by atomic mass is 35.5. The minimum atomic E-state index is 0.150. The summed E-state index contributed by atoms with van der Waals surface area (Å²) in [5, 5.41) is 3.51. The minimum Gasteiger partial charge on any atom is -0.368 e. The summed E-state index contributed by atoms with van der Waals surface area (Å²) in [6.45, 7) is 4.96. The molecule has 0 atom stereocenters. The summed E-state index contributed by atoms with van der Waals surface area (Å²) in [4.78, 5) is 17.2. The van der Waals surface area contributed by atoms with E-state index >= 15 is 0 Å². The van der Waals surface area contributed by atoms with Crippen LogP contribution in [0.1, 0.15) is 5.56 Å². The molecule has 144 valence electrons. The zero-order valence-electron chi connectivity index (χ0n) is 15.4. The van der Waals surface area contributed by atoms with Crippen LogP contribution in [-0.4, -0.2) is 46.0 Å². The zero-order valence-corrected chi connectivity index (χ0v) is 16.2. The number of benzene rings is 1. The van der Waals surface area contributed by atoms with E-state index < -0.39 is 0 Å². The molecule has 0 unspecified atom stereocenters. The monoisotopic (exact) mass is 395 g/mol. The van der Waals surface area contributed by atoms with E-state index in [9.17, 15) is 0 Å². The summed E-state index contributed by atoms with van der Waals surface area (Å²) in [7, 11) is 0. The van der Waals surface area contributed by atoms with E-state index in [0.29, 0.717) is 11.0 Å². The molecule has 0 spiro atoms. The lowest BCUT2D eigenvalue weighted by molar-refractivity contribution is 0.249. The van der Waals surface area contributed by atoms with Gasteiger partial charge in [-0.3, -0.25) is 4.90 Å². The summed E-state index contributed by atoms with van der Waals surface area (Å²) in [5.74, 6) is 1.79. The van der Waals surface area contributed by atoms with Gasteiger partial charge in [0.25, 0.3) is 0 Å². The Morgan fingerprint density at radius 2 is 1.79 bits per heavy atom. The van der Waals surface area contributed by atoms with E-state index in [0.717, 1.165) is 44.2 Å². The first-order valence-corrected chi connectivity index (χ1v) is 9.58. The van der Waals surface area contributed by atoms with E-state index in [2.05, 4.69) is 48.3 Å². The van der Waals surface area contributed by atoms with Gasteiger partial charge in [0, 0.05) is 50.7 Å². The maximum absolute atomic E-state index is 5.92. The van der Waals surface area contributed by atoms with Crippen LogP contribution in [0, 0.1) is 0 Å². The van der Waals surface area contributed by atoms with E-state index in [-0.39, 0.29) is 5.95 Å². The topological polar surface area (TPSA) is 83.2 Å². The van der Waals surface area contributed by atoms with Crippen molar-refractivity contribution in [2.75, 3.05) is 42.1 Å². The van der Waals surface area contributed by atoms with Gasteiger partial charge in [-0.2, -0.15) is 4.98 Å². The highest BCUT2D eigenvalue weighted by Gasteiger charge is 2.17. The summed E-state index contributed by atoms with van der Waals surface area (Å²) >= 11 is 5.92. The minimum absolute atomic E-state index is 0.150.